The molecule has 0 saturated carbocycles. The number of nitrogens with zero attached hydrogens (tertiary/aromatic N) is 2. The minimum absolute atomic E-state index is 0.198. The van der Waals surface area contributed by atoms with E-state index in [1.54, 1.807) is 29.3 Å². The first-order valence-electron chi connectivity index (χ1n) is 7.89. The van der Waals surface area contributed by atoms with Crippen LogP contribution in [0, 0.1) is 0 Å². The van der Waals surface area contributed by atoms with E-state index in [2.05, 4.69) is 16.2 Å². The summed E-state index contributed by atoms with van der Waals surface area (Å²) in [5, 5.41) is 25.0. The number of nitrogens with one attached hydrogen (secondary N) is 2. The predicted octanol–water partition coefficient (Wildman–Crippen LogP) is 1.38. The minimum Gasteiger partial charge on any atom is -0.508 e. The number of amidine groups is 1. The molecular formula is C17H19N5O3S. The van der Waals surface area contributed by atoms with Crippen molar-refractivity contribution >= 4 is 28.6 Å². The van der Waals surface area contributed by atoms with E-state index in [9.17, 15) is 9.90 Å². The molecule has 0 aromatic heterocycles. The van der Waals surface area contributed by atoms with Crippen LogP contribution in [0.4, 0.5) is 5.69 Å². The normalized spacial score (nSPS) is 14.7. The van der Waals surface area contributed by atoms with Crippen LogP contribution in [0.2, 0.25) is 0 Å². The second-order valence-corrected chi connectivity index (χ2v) is 6.67. The Morgan fingerprint density at radius 2 is 1.96 bits per heavy atom. The SMILES string of the molecule is N[C@@H](Cc1cccc(CSC2=NNNN2c2ccc(O)cc2)c1)C(=O)O. The number of phenolic OH excluding ortho intramolecular Hbond substituents is 1. The van der Waals surface area contributed by atoms with Gasteiger partial charge in [0.1, 0.15) is 11.8 Å². The van der Waals surface area contributed by atoms with E-state index in [1.165, 1.54) is 11.8 Å². The number of rotatable bonds is 6. The zero-order valence-electron chi connectivity index (χ0n) is 13.8. The largest absolute Gasteiger partial charge is 0.508 e. The van der Waals surface area contributed by atoms with E-state index >= 15 is 0 Å². The molecule has 0 radical (unpaired) electrons. The average molecular weight is 373 g/mol. The topological polar surface area (TPSA) is 123 Å². The number of phenols is 1. The van der Waals surface area contributed by atoms with Gasteiger partial charge in [0.25, 0.3) is 0 Å². The van der Waals surface area contributed by atoms with Gasteiger partial charge in [-0.3, -0.25) is 4.79 Å². The lowest BCUT2D eigenvalue weighted by atomic mass is 10.0. The number of aliphatic carboxylic acids is 1. The standard InChI is InChI=1S/C17H19N5O3S/c18-15(16(24)25)9-11-2-1-3-12(8-11)10-26-17-19-20-21-22(17)13-4-6-14(23)7-5-13/h1-8,15,20-21,23H,9-10,18H2,(H,24,25)/t15-/m0/s1. The Hall–Kier alpha value is -2.75. The van der Waals surface area contributed by atoms with E-state index in [1.807, 2.05) is 24.3 Å². The fraction of sp³-hybridized carbons (Fsp3) is 0.176. The highest BCUT2D eigenvalue weighted by Crippen LogP contribution is 2.24. The smallest absolute Gasteiger partial charge is 0.320 e. The number of hydrazone groups is 1. The average Bonchev–Trinajstić information content (AvgIpc) is 3.09. The zero-order valence-corrected chi connectivity index (χ0v) is 14.6. The Bertz CT molecular complexity index is 812. The number of hydrogen-bond donors (Lipinski definition) is 5. The molecule has 0 unspecified atom stereocenters. The van der Waals surface area contributed by atoms with Gasteiger partial charge in [-0.1, -0.05) is 36.0 Å². The predicted molar refractivity (Wildman–Crippen MR) is 101 cm³/mol. The van der Waals surface area contributed by atoms with Gasteiger partial charge in [-0.2, -0.15) is 0 Å². The number of thioether (sulfide) groups is 1. The molecule has 2 aromatic rings. The number of carboxylic acid groups (broad SMARTS) is 1. The Balaban J connectivity index is 1.63. The highest BCUT2D eigenvalue weighted by molar-refractivity contribution is 8.13. The van der Waals surface area contributed by atoms with Crippen LogP contribution in [0.5, 0.6) is 5.75 Å². The number of nitrogens with two attached hydrogens (primary N) is 1. The van der Waals surface area contributed by atoms with Crippen LogP contribution >= 0.6 is 11.8 Å². The summed E-state index contributed by atoms with van der Waals surface area (Å²) in [6.07, 6.45) is 0.289. The summed E-state index contributed by atoms with van der Waals surface area (Å²) >= 11 is 1.52. The van der Waals surface area contributed by atoms with E-state index < -0.39 is 12.0 Å². The lowest BCUT2D eigenvalue weighted by Gasteiger charge is -2.18. The van der Waals surface area contributed by atoms with Crippen molar-refractivity contribution in [2.24, 2.45) is 10.8 Å². The van der Waals surface area contributed by atoms with Gasteiger partial charge in [0.05, 0.1) is 5.69 Å². The molecule has 0 amide bonds. The van der Waals surface area contributed by atoms with Gasteiger partial charge < -0.3 is 15.9 Å². The first-order chi connectivity index (χ1) is 12.5. The van der Waals surface area contributed by atoms with Crippen LogP contribution < -0.4 is 21.8 Å². The summed E-state index contributed by atoms with van der Waals surface area (Å²) in [6, 6.07) is 13.6. The van der Waals surface area contributed by atoms with Crippen molar-refractivity contribution in [1.82, 2.24) is 11.1 Å². The summed E-state index contributed by atoms with van der Waals surface area (Å²) in [6.45, 7) is 0. The Kier molecular flexibility index (Phi) is 5.61. The molecule has 1 heterocycles. The van der Waals surface area contributed by atoms with Gasteiger partial charge in [0.2, 0.25) is 5.17 Å². The molecular weight excluding hydrogens is 354 g/mol. The molecule has 3 rings (SSSR count). The van der Waals surface area contributed by atoms with Crippen molar-refractivity contribution < 1.29 is 15.0 Å². The van der Waals surface area contributed by atoms with Gasteiger partial charge >= 0.3 is 5.97 Å². The number of carbonyl (C=O) groups is 1. The molecule has 0 fully saturated rings. The monoisotopic (exact) mass is 373 g/mol. The Morgan fingerprint density at radius 3 is 2.69 bits per heavy atom. The molecule has 1 atom stereocenters. The Morgan fingerprint density at radius 1 is 1.23 bits per heavy atom. The van der Waals surface area contributed by atoms with Crippen LogP contribution in [0.25, 0.3) is 0 Å². The molecule has 0 aliphatic carbocycles. The fourth-order valence-electron chi connectivity index (χ4n) is 2.43. The number of carboxylic acids is 1. The summed E-state index contributed by atoms with van der Waals surface area (Å²) in [7, 11) is 0. The van der Waals surface area contributed by atoms with Crippen LogP contribution in [0.3, 0.4) is 0 Å². The number of aromatic hydroxyl groups is 1. The number of hydrazine groups is 2. The van der Waals surface area contributed by atoms with Crippen LogP contribution in [-0.4, -0.2) is 27.4 Å². The molecule has 136 valence electrons. The fourth-order valence-corrected chi connectivity index (χ4v) is 3.30. The van der Waals surface area contributed by atoms with Gasteiger partial charge in [-0.25, -0.2) is 10.5 Å². The van der Waals surface area contributed by atoms with Crippen LogP contribution in [0.1, 0.15) is 11.1 Å². The first kappa shape index (κ1) is 18.1. The zero-order chi connectivity index (χ0) is 18.5. The van der Waals surface area contributed by atoms with Crippen molar-refractivity contribution in [3.8, 4) is 5.75 Å². The molecule has 1 aliphatic rings. The summed E-state index contributed by atoms with van der Waals surface area (Å²) in [5.74, 6) is -0.150. The van der Waals surface area contributed by atoms with E-state index in [4.69, 9.17) is 10.8 Å². The third-order valence-corrected chi connectivity index (χ3v) is 4.75. The molecule has 0 bridgehead atoms. The summed E-state index contributed by atoms with van der Waals surface area (Å²) < 4.78 is 0. The van der Waals surface area contributed by atoms with E-state index in [0.29, 0.717) is 5.75 Å². The van der Waals surface area contributed by atoms with Crippen molar-refractivity contribution in [2.75, 3.05) is 5.01 Å². The molecule has 9 heteroatoms. The number of benzene rings is 2. The van der Waals surface area contributed by atoms with Crippen molar-refractivity contribution in [2.45, 2.75) is 18.2 Å². The van der Waals surface area contributed by atoms with Crippen molar-refractivity contribution in [3.63, 3.8) is 0 Å². The van der Waals surface area contributed by atoms with Crippen LogP contribution in [-0.2, 0) is 17.0 Å². The molecule has 0 spiro atoms. The maximum Gasteiger partial charge on any atom is 0.320 e. The maximum absolute atomic E-state index is 10.9. The molecule has 0 saturated heterocycles. The van der Waals surface area contributed by atoms with Crippen LogP contribution in [0.15, 0.2) is 53.6 Å². The van der Waals surface area contributed by atoms with Gasteiger partial charge in [-0.05, 0) is 41.8 Å². The molecule has 8 nitrogen and oxygen atoms in total. The number of hydrogen-bond acceptors (Lipinski definition) is 8. The summed E-state index contributed by atoms with van der Waals surface area (Å²) in [4.78, 5) is 10.9. The minimum atomic E-state index is -1.01. The second-order valence-electron chi connectivity index (χ2n) is 5.73. The van der Waals surface area contributed by atoms with Gasteiger partial charge in [-0.15, -0.1) is 10.6 Å². The van der Waals surface area contributed by atoms with Crippen molar-refractivity contribution in [3.05, 3.63) is 59.7 Å². The lowest BCUT2D eigenvalue weighted by Crippen LogP contribution is -2.40. The molecule has 2 aromatic carbocycles. The van der Waals surface area contributed by atoms with E-state index in [-0.39, 0.29) is 12.2 Å². The third-order valence-electron chi connectivity index (χ3n) is 3.74. The van der Waals surface area contributed by atoms with Crippen molar-refractivity contribution in [1.29, 1.82) is 0 Å². The highest BCUT2D eigenvalue weighted by Gasteiger charge is 2.19. The Labute approximate surface area is 154 Å². The molecule has 26 heavy (non-hydrogen) atoms. The van der Waals surface area contributed by atoms with E-state index in [0.717, 1.165) is 22.0 Å². The maximum atomic E-state index is 10.9. The second kappa shape index (κ2) is 8.09. The quantitative estimate of drug-likeness (QED) is 0.515. The van der Waals surface area contributed by atoms with Gasteiger partial charge in [0.15, 0.2) is 0 Å². The third kappa shape index (κ3) is 4.45. The highest BCUT2D eigenvalue weighted by atomic mass is 32.2. The van der Waals surface area contributed by atoms with Gasteiger partial charge in [0, 0.05) is 5.75 Å². The lowest BCUT2D eigenvalue weighted by molar-refractivity contribution is -0.138. The summed E-state index contributed by atoms with van der Waals surface area (Å²) in [5.41, 5.74) is 14.0. The molecule has 1 aliphatic heterocycles. The number of anilines is 1. The first-order valence-corrected chi connectivity index (χ1v) is 8.88. The molecule has 6 N–H and O–H groups in total.